The van der Waals surface area contributed by atoms with Gasteiger partial charge < -0.3 is 10.2 Å². The molecule has 0 saturated heterocycles. The SMILES string of the molecule is C[Si](=O)CCCSC(N)=O. The molecule has 0 aromatic carbocycles. The van der Waals surface area contributed by atoms with Gasteiger partial charge in [0, 0.05) is 5.75 Å². The topological polar surface area (TPSA) is 60.2 Å². The van der Waals surface area contributed by atoms with Gasteiger partial charge in [0.2, 0.25) is 0 Å². The second-order valence-corrected chi connectivity index (χ2v) is 4.98. The molecule has 0 radical (unpaired) electrons. The standard InChI is InChI=1S/C5H11NO2SSi/c1-10(8)4-2-3-9-5(6)7/h2-4H2,1H3,(H2,6,7). The van der Waals surface area contributed by atoms with Gasteiger partial charge in [-0.25, -0.2) is 0 Å². The van der Waals surface area contributed by atoms with Crippen LogP contribution in [0.5, 0.6) is 0 Å². The summed E-state index contributed by atoms with van der Waals surface area (Å²) in [6, 6.07) is 0.727. The van der Waals surface area contributed by atoms with Gasteiger partial charge in [-0.2, -0.15) is 0 Å². The molecule has 3 nitrogen and oxygen atoms in total. The van der Waals surface area contributed by atoms with Crippen molar-refractivity contribution in [2.75, 3.05) is 5.75 Å². The first-order valence-electron chi connectivity index (χ1n) is 3.04. The number of carbonyl (C=O) groups is 1. The first kappa shape index (κ1) is 9.84. The van der Waals surface area contributed by atoms with E-state index in [9.17, 15) is 9.26 Å². The summed E-state index contributed by atoms with van der Waals surface area (Å²) in [7, 11) is -1.35. The van der Waals surface area contributed by atoms with Crippen LogP contribution in [0.2, 0.25) is 12.6 Å². The molecule has 0 atom stereocenters. The molecule has 0 aliphatic carbocycles. The van der Waals surface area contributed by atoms with Gasteiger partial charge in [0.1, 0.15) is 0 Å². The van der Waals surface area contributed by atoms with E-state index in [1.54, 1.807) is 6.55 Å². The van der Waals surface area contributed by atoms with Crippen molar-refractivity contribution < 1.29 is 9.26 Å². The van der Waals surface area contributed by atoms with Crippen LogP contribution in [0.15, 0.2) is 0 Å². The van der Waals surface area contributed by atoms with E-state index in [1.807, 2.05) is 0 Å². The smallest absolute Gasteiger partial charge is 0.276 e. The highest BCUT2D eigenvalue weighted by Crippen LogP contribution is 2.03. The van der Waals surface area contributed by atoms with Crippen LogP contribution in [-0.2, 0) is 4.46 Å². The molecule has 1 amide bonds. The minimum Gasteiger partial charge on any atom is -0.389 e. The van der Waals surface area contributed by atoms with Crippen molar-refractivity contribution in [1.82, 2.24) is 0 Å². The van der Waals surface area contributed by atoms with Crippen LogP contribution in [0.25, 0.3) is 0 Å². The molecule has 0 aliphatic heterocycles. The summed E-state index contributed by atoms with van der Waals surface area (Å²) in [5, 5.41) is -0.351. The quantitative estimate of drug-likeness (QED) is 0.519. The predicted octanol–water partition coefficient (Wildman–Crippen LogP) is 1.24. The lowest BCUT2D eigenvalue weighted by atomic mass is 10.6. The zero-order valence-electron chi connectivity index (χ0n) is 5.92. The van der Waals surface area contributed by atoms with E-state index in [-0.39, 0.29) is 5.24 Å². The highest BCUT2D eigenvalue weighted by molar-refractivity contribution is 8.13. The number of amides is 1. The predicted molar refractivity (Wildman–Crippen MR) is 43.8 cm³/mol. The van der Waals surface area contributed by atoms with Gasteiger partial charge in [-0.1, -0.05) is 11.8 Å². The number of hydrogen-bond acceptors (Lipinski definition) is 3. The van der Waals surface area contributed by atoms with E-state index in [0.29, 0.717) is 5.75 Å². The zero-order chi connectivity index (χ0) is 7.98. The van der Waals surface area contributed by atoms with Crippen molar-refractivity contribution in [2.45, 2.75) is 19.0 Å². The summed E-state index contributed by atoms with van der Waals surface area (Å²) >= 11 is 1.09. The molecular weight excluding hydrogens is 166 g/mol. The normalized spacial score (nSPS) is 9.30. The van der Waals surface area contributed by atoms with Crippen LogP contribution in [0.4, 0.5) is 4.79 Å². The average Bonchev–Trinajstić information content (AvgIpc) is 1.79. The molecule has 0 spiro atoms. The van der Waals surface area contributed by atoms with Gasteiger partial charge in [0.05, 0.1) is 0 Å². The lowest BCUT2D eigenvalue weighted by Gasteiger charge is -1.92. The number of hydrogen-bond donors (Lipinski definition) is 1. The third-order valence-electron chi connectivity index (χ3n) is 0.917. The summed E-state index contributed by atoms with van der Waals surface area (Å²) in [6.45, 7) is 1.72. The lowest BCUT2D eigenvalue weighted by Crippen LogP contribution is -2.03. The number of rotatable bonds is 4. The Balaban J connectivity index is 3.06. The first-order valence-corrected chi connectivity index (χ1v) is 6.14. The number of primary amides is 1. The van der Waals surface area contributed by atoms with Crippen LogP contribution in [0, 0.1) is 0 Å². The molecule has 0 saturated carbocycles. The van der Waals surface area contributed by atoms with Gasteiger partial charge >= 0.3 is 0 Å². The van der Waals surface area contributed by atoms with Crippen LogP contribution in [-0.4, -0.2) is 19.7 Å². The van der Waals surface area contributed by atoms with Crippen molar-refractivity contribution in [3.05, 3.63) is 0 Å². The van der Waals surface area contributed by atoms with Crippen LogP contribution in [0.3, 0.4) is 0 Å². The van der Waals surface area contributed by atoms with Gasteiger partial charge in [-0.05, 0) is 19.0 Å². The Morgan fingerprint density at radius 2 is 2.30 bits per heavy atom. The third-order valence-corrected chi connectivity index (χ3v) is 2.75. The first-order chi connectivity index (χ1) is 4.63. The van der Waals surface area contributed by atoms with Gasteiger partial charge in [0.15, 0.2) is 0 Å². The average molecular weight is 177 g/mol. The molecule has 0 unspecified atom stereocenters. The zero-order valence-corrected chi connectivity index (χ0v) is 7.74. The van der Waals surface area contributed by atoms with Crippen molar-refractivity contribution in [3.8, 4) is 0 Å². The van der Waals surface area contributed by atoms with Crippen LogP contribution >= 0.6 is 11.8 Å². The van der Waals surface area contributed by atoms with Gasteiger partial charge in [-0.3, -0.25) is 4.79 Å². The van der Waals surface area contributed by atoms with E-state index in [2.05, 4.69) is 0 Å². The van der Waals surface area contributed by atoms with Crippen molar-refractivity contribution >= 4 is 25.7 Å². The fourth-order valence-corrected chi connectivity index (χ4v) is 1.91. The fourth-order valence-electron chi connectivity index (χ4n) is 0.494. The number of thioether (sulfide) groups is 1. The Bertz CT molecular complexity index is 124. The molecule has 0 heterocycles. The maximum Gasteiger partial charge on any atom is 0.276 e. The van der Waals surface area contributed by atoms with E-state index in [1.165, 1.54) is 0 Å². The summed E-state index contributed by atoms with van der Waals surface area (Å²) in [4.78, 5) is 10.2. The number of nitrogens with two attached hydrogens (primary N) is 1. The monoisotopic (exact) mass is 177 g/mol. The van der Waals surface area contributed by atoms with Crippen LogP contribution in [0.1, 0.15) is 6.42 Å². The lowest BCUT2D eigenvalue weighted by molar-refractivity contribution is 0.267. The van der Waals surface area contributed by atoms with E-state index in [4.69, 9.17) is 5.73 Å². The highest BCUT2D eigenvalue weighted by Gasteiger charge is 1.97. The fraction of sp³-hybridized carbons (Fsp3) is 0.800. The molecule has 10 heavy (non-hydrogen) atoms. The molecule has 2 N–H and O–H groups in total. The van der Waals surface area contributed by atoms with E-state index in [0.717, 1.165) is 24.2 Å². The molecule has 0 aromatic heterocycles. The maximum atomic E-state index is 10.5. The minimum absolute atomic E-state index is 0.351. The largest absolute Gasteiger partial charge is 0.389 e. The Labute approximate surface area is 66.0 Å². The van der Waals surface area contributed by atoms with Crippen molar-refractivity contribution in [2.24, 2.45) is 5.73 Å². The Morgan fingerprint density at radius 3 is 2.70 bits per heavy atom. The second-order valence-electron chi connectivity index (χ2n) is 1.97. The summed E-state index contributed by atoms with van der Waals surface area (Å²) < 4.78 is 10.5. The summed E-state index contributed by atoms with van der Waals surface area (Å²) in [6.07, 6.45) is 0.821. The van der Waals surface area contributed by atoms with Crippen molar-refractivity contribution in [1.29, 1.82) is 0 Å². The van der Waals surface area contributed by atoms with Crippen molar-refractivity contribution in [3.63, 3.8) is 0 Å². The Morgan fingerprint density at radius 1 is 1.70 bits per heavy atom. The van der Waals surface area contributed by atoms with Gasteiger partial charge in [0.25, 0.3) is 13.9 Å². The Kier molecular flexibility index (Phi) is 5.52. The molecule has 0 aromatic rings. The highest BCUT2D eigenvalue weighted by atomic mass is 32.2. The second kappa shape index (κ2) is 5.61. The molecule has 58 valence electrons. The summed E-state index contributed by atoms with van der Waals surface area (Å²) in [5.41, 5.74) is 4.86. The van der Waals surface area contributed by atoms with E-state index >= 15 is 0 Å². The number of carbonyl (C=O) groups excluding carboxylic acids is 1. The molecule has 0 rings (SSSR count). The summed E-state index contributed by atoms with van der Waals surface area (Å²) in [5.74, 6) is 0.694. The molecule has 0 fully saturated rings. The maximum absolute atomic E-state index is 10.5. The molecule has 0 bridgehead atoms. The molecule has 5 heteroatoms. The Hall–Kier alpha value is -0.163. The third kappa shape index (κ3) is 7.84. The van der Waals surface area contributed by atoms with Gasteiger partial charge in [-0.15, -0.1) is 0 Å². The van der Waals surface area contributed by atoms with Crippen LogP contribution < -0.4 is 5.73 Å². The molecule has 0 aliphatic rings. The molecular formula is C5H11NO2SSi. The van der Waals surface area contributed by atoms with E-state index < -0.39 is 8.68 Å². The minimum atomic E-state index is -1.35.